The average Bonchev–Trinajstić information content (AvgIpc) is 3.22. The Hall–Kier alpha value is -2.97. The number of nitrogens with zero attached hydrogens (tertiary/aromatic N) is 2. The lowest BCUT2D eigenvalue weighted by Crippen LogP contribution is -2.44. The molecule has 1 spiro atoms. The highest BCUT2D eigenvalue weighted by molar-refractivity contribution is 5.78. The summed E-state index contributed by atoms with van der Waals surface area (Å²) in [5.41, 5.74) is 2.30. The van der Waals surface area contributed by atoms with Gasteiger partial charge >= 0.3 is 24.3 Å². The molecule has 8 nitrogen and oxygen atoms in total. The lowest BCUT2D eigenvalue weighted by atomic mass is 9.88. The van der Waals surface area contributed by atoms with Crippen molar-refractivity contribution < 1.29 is 55.6 Å². The molecule has 38 heavy (non-hydrogen) atoms. The maximum Gasteiger partial charge on any atom is 0.490 e. The van der Waals surface area contributed by atoms with Gasteiger partial charge in [0.15, 0.2) is 0 Å². The summed E-state index contributed by atoms with van der Waals surface area (Å²) in [5, 5.41) is 15.5. The number of rotatable bonds is 4. The number of hydrogen-bond acceptors (Lipinski definition) is 6. The number of fused-ring (bicyclic) bond motifs is 1. The highest BCUT2D eigenvalue weighted by Crippen LogP contribution is 2.37. The number of halogens is 6. The summed E-state index contributed by atoms with van der Waals surface area (Å²) in [4.78, 5) is 25.1. The predicted molar refractivity (Wildman–Crippen MR) is 122 cm³/mol. The van der Waals surface area contributed by atoms with Gasteiger partial charge in [-0.1, -0.05) is 24.3 Å². The summed E-state index contributed by atoms with van der Waals surface area (Å²) < 4.78 is 75.4. The Bertz CT molecular complexity index is 1050. The van der Waals surface area contributed by atoms with E-state index in [0.717, 1.165) is 63.3 Å². The fraction of sp³-hybridized carbons (Fsp3) is 0.542. The van der Waals surface area contributed by atoms with Gasteiger partial charge in [0.05, 0.1) is 29.5 Å². The second-order valence-corrected chi connectivity index (χ2v) is 8.65. The van der Waals surface area contributed by atoms with Crippen molar-refractivity contribution in [3.05, 3.63) is 42.1 Å². The van der Waals surface area contributed by atoms with Crippen LogP contribution in [0.15, 0.2) is 36.4 Å². The first-order chi connectivity index (χ1) is 17.6. The van der Waals surface area contributed by atoms with Crippen LogP contribution in [0.2, 0.25) is 0 Å². The minimum absolute atomic E-state index is 0.0626. The van der Waals surface area contributed by atoms with E-state index in [4.69, 9.17) is 34.3 Å². The molecule has 14 heteroatoms. The van der Waals surface area contributed by atoms with Crippen LogP contribution in [-0.4, -0.2) is 82.4 Å². The highest BCUT2D eigenvalue weighted by Gasteiger charge is 2.43. The standard InChI is InChI=1S/C20H26N2O2.2C2HF3O2/c1-2-23-18-13-20(24-15-18)9-11-22(12-10-20)14-17-8-7-16-5-3-4-6-19(16)21-17;2*3-2(4,5)1(6)7/h3-8,18H,2,9-15H2,1H3;2*(H,6,7). The number of carboxylic acid groups (broad SMARTS) is 2. The van der Waals surface area contributed by atoms with E-state index in [2.05, 4.69) is 48.2 Å². The lowest BCUT2D eigenvalue weighted by Gasteiger charge is -2.38. The van der Waals surface area contributed by atoms with Crippen LogP contribution in [0.1, 0.15) is 31.9 Å². The van der Waals surface area contributed by atoms with Gasteiger partial charge in [0.25, 0.3) is 0 Å². The van der Waals surface area contributed by atoms with Crippen LogP contribution in [0.3, 0.4) is 0 Å². The molecule has 0 bridgehead atoms. The van der Waals surface area contributed by atoms with E-state index in [0.29, 0.717) is 6.10 Å². The fourth-order valence-electron chi connectivity index (χ4n) is 4.04. The van der Waals surface area contributed by atoms with E-state index in [1.54, 1.807) is 0 Å². The third-order valence-electron chi connectivity index (χ3n) is 5.87. The molecule has 2 aliphatic heterocycles. The van der Waals surface area contributed by atoms with Crippen molar-refractivity contribution in [2.75, 3.05) is 26.3 Å². The molecule has 1 unspecified atom stereocenters. The first-order valence-electron chi connectivity index (χ1n) is 11.6. The number of aliphatic carboxylic acids is 2. The third-order valence-corrected chi connectivity index (χ3v) is 5.87. The zero-order valence-corrected chi connectivity index (χ0v) is 20.4. The fourth-order valence-corrected chi connectivity index (χ4v) is 4.04. The molecule has 212 valence electrons. The largest absolute Gasteiger partial charge is 0.490 e. The Balaban J connectivity index is 0.000000301. The number of aromatic nitrogens is 1. The summed E-state index contributed by atoms with van der Waals surface area (Å²) in [6.07, 6.45) is -6.61. The van der Waals surface area contributed by atoms with Gasteiger partial charge in [-0.25, -0.2) is 9.59 Å². The van der Waals surface area contributed by atoms with E-state index in [1.165, 1.54) is 5.39 Å². The molecule has 0 amide bonds. The number of piperidine rings is 1. The van der Waals surface area contributed by atoms with Gasteiger partial charge in [-0.2, -0.15) is 26.3 Å². The van der Waals surface area contributed by atoms with Crippen molar-refractivity contribution in [1.82, 2.24) is 9.88 Å². The van der Waals surface area contributed by atoms with Crippen LogP contribution < -0.4 is 0 Å². The molecule has 3 heterocycles. The molecule has 0 saturated carbocycles. The van der Waals surface area contributed by atoms with E-state index < -0.39 is 24.3 Å². The van der Waals surface area contributed by atoms with Crippen LogP contribution in [0.4, 0.5) is 26.3 Å². The highest BCUT2D eigenvalue weighted by atomic mass is 19.4. The van der Waals surface area contributed by atoms with Crippen molar-refractivity contribution in [3.63, 3.8) is 0 Å². The van der Waals surface area contributed by atoms with Crippen LogP contribution in [-0.2, 0) is 25.6 Å². The van der Waals surface area contributed by atoms with Gasteiger partial charge in [0, 0.05) is 38.0 Å². The number of carboxylic acids is 2. The van der Waals surface area contributed by atoms with E-state index in [-0.39, 0.29) is 5.60 Å². The first kappa shape index (κ1) is 31.2. The molecule has 0 radical (unpaired) electrons. The Kier molecular flexibility index (Phi) is 10.9. The monoisotopic (exact) mass is 554 g/mol. The summed E-state index contributed by atoms with van der Waals surface area (Å²) in [5.74, 6) is -5.51. The zero-order chi connectivity index (χ0) is 28.6. The number of alkyl halides is 6. The average molecular weight is 554 g/mol. The molecule has 1 aromatic carbocycles. The Morgan fingerprint density at radius 3 is 2.11 bits per heavy atom. The Morgan fingerprint density at radius 2 is 1.58 bits per heavy atom. The summed E-state index contributed by atoms with van der Waals surface area (Å²) in [7, 11) is 0. The van der Waals surface area contributed by atoms with E-state index >= 15 is 0 Å². The predicted octanol–water partition coefficient (Wildman–Crippen LogP) is 4.66. The van der Waals surface area contributed by atoms with Crippen molar-refractivity contribution >= 4 is 22.8 Å². The van der Waals surface area contributed by atoms with Gasteiger partial charge in [-0.3, -0.25) is 9.88 Å². The summed E-state index contributed by atoms with van der Waals surface area (Å²) in [6, 6.07) is 12.6. The van der Waals surface area contributed by atoms with Crippen molar-refractivity contribution in [3.8, 4) is 0 Å². The number of pyridine rings is 1. The Labute approximate surface area is 214 Å². The molecule has 2 aromatic rings. The Morgan fingerprint density at radius 1 is 1.03 bits per heavy atom. The molecule has 2 aliphatic rings. The van der Waals surface area contributed by atoms with Gasteiger partial charge in [0.1, 0.15) is 0 Å². The van der Waals surface area contributed by atoms with Crippen molar-refractivity contribution in [2.24, 2.45) is 0 Å². The molecule has 1 atom stereocenters. The van der Waals surface area contributed by atoms with Crippen molar-refractivity contribution in [2.45, 2.75) is 56.8 Å². The number of carbonyl (C=O) groups is 2. The van der Waals surface area contributed by atoms with E-state index in [1.807, 2.05) is 0 Å². The number of para-hydroxylation sites is 1. The van der Waals surface area contributed by atoms with Gasteiger partial charge in [-0.15, -0.1) is 0 Å². The van der Waals surface area contributed by atoms with Gasteiger partial charge < -0.3 is 19.7 Å². The normalized spacial score (nSPS) is 19.3. The second-order valence-electron chi connectivity index (χ2n) is 8.65. The number of hydrogen-bond donors (Lipinski definition) is 2. The van der Waals surface area contributed by atoms with Crippen LogP contribution in [0.25, 0.3) is 10.9 Å². The minimum atomic E-state index is -5.08. The van der Waals surface area contributed by atoms with Crippen LogP contribution in [0, 0.1) is 0 Å². The molecule has 1 aromatic heterocycles. The SMILES string of the molecule is CCOC1COC2(CCN(Cc3ccc4ccccc4n3)CC2)C1.O=C(O)C(F)(F)F.O=C(O)C(F)(F)F. The first-order valence-corrected chi connectivity index (χ1v) is 11.6. The lowest BCUT2D eigenvalue weighted by molar-refractivity contribution is -0.193. The molecule has 2 fully saturated rings. The van der Waals surface area contributed by atoms with Crippen LogP contribution in [0.5, 0.6) is 0 Å². The van der Waals surface area contributed by atoms with Gasteiger partial charge in [0.2, 0.25) is 0 Å². The van der Waals surface area contributed by atoms with Crippen LogP contribution >= 0.6 is 0 Å². The summed E-state index contributed by atoms with van der Waals surface area (Å²) >= 11 is 0. The maximum absolute atomic E-state index is 10.6. The molecular formula is C24H28F6N2O6. The second kappa shape index (κ2) is 13.2. The molecule has 4 rings (SSSR count). The zero-order valence-electron chi connectivity index (χ0n) is 20.4. The minimum Gasteiger partial charge on any atom is -0.475 e. The molecule has 2 saturated heterocycles. The topological polar surface area (TPSA) is 109 Å². The summed E-state index contributed by atoms with van der Waals surface area (Å²) in [6.45, 7) is 6.69. The number of benzene rings is 1. The molecular weight excluding hydrogens is 526 g/mol. The quantitative estimate of drug-likeness (QED) is 0.526. The van der Waals surface area contributed by atoms with E-state index in [9.17, 15) is 26.3 Å². The molecule has 0 aliphatic carbocycles. The molecule has 2 N–H and O–H groups in total. The van der Waals surface area contributed by atoms with Gasteiger partial charge in [-0.05, 0) is 31.9 Å². The maximum atomic E-state index is 10.6. The smallest absolute Gasteiger partial charge is 0.475 e. The number of likely N-dealkylation sites (tertiary alicyclic amines) is 1. The number of ether oxygens (including phenoxy) is 2. The van der Waals surface area contributed by atoms with Crippen molar-refractivity contribution in [1.29, 1.82) is 0 Å². The third kappa shape index (κ3) is 9.72.